The number of ketones is 1. The molecule has 0 unspecified atom stereocenters. The minimum absolute atomic E-state index is 0.0231. The molecule has 1 fully saturated rings. The molecule has 3 nitrogen and oxygen atoms in total. The normalized spacial score (nSPS) is 15.8. The van der Waals surface area contributed by atoms with E-state index in [1.54, 1.807) is 0 Å². The Morgan fingerprint density at radius 3 is 2.65 bits per heavy atom. The molecular formula is C17H22N2O. The van der Waals surface area contributed by atoms with Crippen molar-refractivity contribution in [3.8, 4) is 0 Å². The third-order valence-electron chi connectivity index (χ3n) is 3.87. The van der Waals surface area contributed by atoms with Gasteiger partial charge in [0.05, 0.1) is 11.0 Å². The first-order valence-corrected chi connectivity index (χ1v) is 7.35. The van der Waals surface area contributed by atoms with Gasteiger partial charge in [0, 0.05) is 24.9 Å². The van der Waals surface area contributed by atoms with E-state index in [1.165, 1.54) is 18.7 Å². The van der Waals surface area contributed by atoms with Crippen LogP contribution in [0.1, 0.15) is 62.1 Å². The summed E-state index contributed by atoms with van der Waals surface area (Å²) in [6, 6.07) is 5.92. The number of carbonyl (C=O) groups excluding carboxylic acids is 1. The predicted molar refractivity (Wildman–Crippen MR) is 81.1 cm³/mol. The van der Waals surface area contributed by atoms with Crippen molar-refractivity contribution in [2.24, 2.45) is 12.5 Å². The lowest BCUT2D eigenvalue weighted by Gasteiger charge is -2.16. The Kier molecular flexibility index (Phi) is 2.96. The number of aryl methyl sites for hydroxylation is 1. The second-order valence-electron chi connectivity index (χ2n) is 7.17. The fourth-order valence-electron chi connectivity index (χ4n) is 2.68. The molecule has 0 atom stereocenters. The molecule has 0 N–H and O–H groups in total. The lowest BCUT2D eigenvalue weighted by molar-refractivity contribution is 0.0940. The van der Waals surface area contributed by atoms with Gasteiger partial charge in [-0.15, -0.1) is 0 Å². The topological polar surface area (TPSA) is 34.9 Å². The van der Waals surface area contributed by atoms with E-state index >= 15 is 0 Å². The van der Waals surface area contributed by atoms with Crippen LogP contribution in [0.3, 0.4) is 0 Å². The number of rotatable bonds is 3. The highest BCUT2D eigenvalue weighted by molar-refractivity contribution is 5.99. The summed E-state index contributed by atoms with van der Waals surface area (Å²) in [5.41, 5.74) is 2.89. The first-order valence-electron chi connectivity index (χ1n) is 7.35. The highest BCUT2D eigenvalue weighted by Crippen LogP contribution is 2.40. The number of hydrogen-bond acceptors (Lipinski definition) is 2. The van der Waals surface area contributed by atoms with Crippen LogP contribution in [-0.4, -0.2) is 15.3 Å². The molecule has 0 bridgehead atoms. The number of aromatic nitrogens is 2. The van der Waals surface area contributed by atoms with Crippen LogP contribution in [0.2, 0.25) is 0 Å². The second-order valence-corrected chi connectivity index (χ2v) is 7.17. The molecule has 1 heterocycles. The molecule has 20 heavy (non-hydrogen) atoms. The number of Topliss-reactive ketones (excluding diaryl/α,β-unsaturated/α-hetero) is 1. The smallest absolute Gasteiger partial charge is 0.163 e. The summed E-state index contributed by atoms with van der Waals surface area (Å²) in [4.78, 5) is 17.0. The average molecular weight is 270 g/mol. The van der Waals surface area contributed by atoms with E-state index in [1.807, 2.05) is 18.2 Å². The largest absolute Gasteiger partial charge is 0.331 e. The van der Waals surface area contributed by atoms with Crippen molar-refractivity contribution >= 4 is 16.8 Å². The Hall–Kier alpha value is -1.64. The number of benzene rings is 1. The van der Waals surface area contributed by atoms with Crippen LogP contribution >= 0.6 is 0 Å². The Labute approximate surface area is 120 Å². The van der Waals surface area contributed by atoms with E-state index < -0.39 is 0 Å². The van der Waals surface area contributed by atoms with Crippen LogP contribution in [0.25, 0.3) is 11.0 Å². The van der Waals surface area contributed by atoms with Gasteiger partial charge in [-0.1, -0.05) is 20.8 Å². The van der Waals surface area contributed by atoms with Crippen LogP contribution in [0, 0.1) is 5.41 Å². The average Bonchev–Trinajstić information content (AvgIpc) is 3.13. The SMILES string of the molecule is Cn1c(C2CC2)nc2cc(C(=O)CC(C)(C)C)ccc21. The molecule has 0 radical (unpaired) electrons. The van der Waals surface area contributed by atoms with Crippen molar-refractivity contribution in [2.75, 3.05) is 0 Å². The molecule has 1 aliphatic rings. The summed E-state index contributed by atoms with van der Waals surface area (Å²) >= 11 is 0. The zero-order chi connectivity index (χ0) is 14.5. The lowest BCUT2D eigenvalue weighted by atomic mass is 9.88. The minimum atomic E-state index is 0.0231. The van der Waals surface area contributed by atoms with Crippen molar-refractivity contribution in [2.45, 2.75) is 46.0 Å². The number of fused-ring (bicyclic) bond motifs is 1. The zero-order valence-corrected chi connectivity index (χ0v) is 12.7. The first-order chi connectivity index (χ1) is 9.35. The van der Waals surface area contributed by atoms with Crippen molar-refractivity contribution in [1.29, 1.82) is 0 Å². The molecule has 0 amide bonds. The molecule has 1 aromatic carbocycles. The van der Waals surface area contributed by atoms with E-state index in [0.717, 1.165) is 16.6 Å². The molecule has 1 aromatic heterocycles. The van der Waals surface area contributed by atoms with E-state index in [-0.39, 0.29) is 11.2 Å². The number of hydrogen-bond donors (Lipinski definition) is 0. The molecule has 3 rings (SSSR count). The maximum Gasteiger partial charge on any atom is 0.163 e. The summed E-state index contributed by atoms with van der Waals surface area (Å²) in [5.74, 6) is 2.00. The monoisotopic (exact) mass is 270 g/mol. The number of nitrogens with zero attached hydrogens (tertiary/aromatic N) is 2. The zero-order valence-electron chi connectivity index (χ0n) is 12.7. The van der Waals surface area contributed by atoms with Crippen LogP contribution in [0.15, 0.2) is 18.2 Å². The molecule has 0 spiro atoms. The number of carbonyl (C=O) groups is 1. The van der Waals surface area contributed by atoms with Gasteiger partial charge in [0.15, 0.2) is 5.78 Å². The molecule has 1 saturated carbocycles. The molecule has 3 heteroatoms. The van der Waals surface area contributed by atoms with Crippen LogP contribution in [-0.2, 0) is 7.05 Å². The Balaban J connectivity index is 1.96. The van der Waals surface area contributed by atoms with E-state index in [4.69, 9.17) is 4.98 Å². The highest BCUT2D eigenvalue weighted by Gasteiger charge is 2.28. The molecule has 0 aliphatic heterocycles. The fourth-order valence-corrected chi connectivity index (χ4v) is 2.68. The Morgan fingerprint density at radius 1 is 1.35 bits per heavy atom. The first kappa shape index (κ1) is 13.3. The summed E-state index contributed by atoms with van der Waals surface area (Å²) < 4.78 is 2.17. The van der Waals surface area contributed by atoms with Gasteiger partial charge in [-0.2, -0.15) is 0 Å². The third kappa shape index (κ3) is 2.49. The predicted octanol–water partition coefficient (Wildman–Crippen LogP) is 4.07. The molecule has 1 aliphatic carbocycles. The van der Waals surface area contributed by atoms with Gasteiger partial charge in [0.25, 0.3) is 0 Å². The highest BCUT2D eigenvalue weighted by atomic mass is 16.1. The van der Waals surface area contributed by atoms with Crippen molar-refractivity contribution in [1.82, 2.24) is 9.55 Å². The summed E-state index contributed by atoms with van der Waals surface area (Å²) in [6.45, 7) is 6.28. The van der Waals surface area contributed by atoms with Gasteiger partial charge in [-0.3, -0.25) is 4.79 Å². The Bertz CT molecular complexity index is 672. The van der Waals surface area contributed by atoms with Crippen molar-refractivity contribution < 1.29 is 4.79 Å². The summed E-state index contributed by atoms with van der Waals surface area (Å²) in [7, 11) is 2.07. The van der Waals surface area contributed by atoms with Crippen LogP contribution < -0.4 is 0 Å². The Morgan fingerprint density at radius 2 is 2.05 bits per heavy atom. The van der Waals surface area contributed by atoms with Crippen LogP contribution in [0.5, 0.6) is 0 Å². The molecule has 0 saturated heterocycles. The maximum atomic E-state index is 12.3. The maximum absolute atomic E-state index is 12.3. The second kappa shape index (κ2) is 4.44. The van der Waals surface area contributed by atoms with Gasteiger partial charge in [0.1, 0.15) is 5.82 Å². The molecule has 2 aromatic rings. The van der Waals surface area contributed by atoms with Gasteiger partial charge in [-0.05, 0) is 36.5 Å². The van der Waals surface area contributed by atoms with Gasteiger partial charge < -0.3 is 4.57 Å². The quantitative estimate of drug-likeness (QED) is 0.788. The summed E-state index contributed by atoms with van der Waals surface area (Å²) in [5, 5.41) is 0. The van der Waals surface area contributed by atoms with Crippen molar-refractivity contribution in [3.05, 3.63) is 29.6 Å². The third-order valence-corrected chi connectivity index (χ3v) is 3.87. The van der Waals surface area contributed by atoms with Crippen molar-refractivity contribution in [3.63, 3.8) is 0 Å². The van der Waals surface area contributed by atoms with Gasteiger partial charge in [-0.25, -0.2) is 4.98 Å². The lowest BCUT2D eigenvalue weighted by Crippen LogP contribution is -2.12. The van der Waals surface area contributed by atoms with Crippen LogP contribution in [0.4, 0.5) is 0 Å². The van der Waals surface area contributed by atoms with E-state index in [0.29, 0.717) is 12.3 Å². The number of imidazole rings is 1. The molecular weight excluding hydrogens is 248 g/mol. The minimum Gasteiger partial charge on any atom is -0.331 e. The summed E-state index contributed by atoms with van der Waals surface area (Å²) in [6.07, 6.45) is 3.06. The van der Waals surface area contributed by atoms with Gasteiger partial charge in [0.2, 0.25) is 0 Å². The standard InChI is InChI=1S/C17H22N2O/c1-17(2,3)10-15(20)12-7-8-14-13(9-12)18-16(19(14)4)11-5-6-11/h7-9,11H,5-6,10H2,1-4H3. The van der Waals surface area contributed by atoms with E-state index in [9.17, 15) is 4.79 Å². The van der Waals surface area contributed by atoms with E-state index in [2.05, 4.69) is 32.4 Å². The van der Waals surface area contributed by atoms with Gasteiger partial charge >= 0.3 is 0 Å². The molecule has 106 valence electrons. The fraction of sp³-hybridized carbons (Fsp3) is 0.529.